The second kappa shape index (κ2) is 9.35. The normalized spacial score (nSPS) is 13.1. The summed E-state index contributed by atoms with van der Waals surface area (Å²) in [7, 11) is 0. The Hall–Kier alpha value is -3.58. The average Bonchev–Trinajstić information content (AvgIpc) is 3.25. The number of hydrogen-bond acceptors (Lipinski definition) is 3. The highest BCUT2D eigenvalue weighted by molar-refractivity contribution is 5.97. The number of nitrogens with zero attached hydrogens (tertiary/aromatic N) is 1. The zero-order valence-corrected chi connectivity index (χ0v) is 19.1. The van der Waals surface area contributed by atoms with Gasteiger partial charge in [0.05, 0.1) is 5.56 Å². The molecule has 2 N–H and O–H groups in total. The van der Waals surface area contributed by atoms with E-state index in [0.717, 1.165) is 28.4 Å². The summed E-state index contributed by atoms with van der Waals surface area (Å²) in [6, 6.07) is 16.3. The van der Waals surface area contributed by atoms with Gasteiger partial charge < -0.3 is 15.3 Å². The van der Waals surface area contributed by atoms with E-state index in [1.54, 1.807) is 29.2 Å². The van der Waals surface area contributed by atoms with Crippen LogP contribution in [0.2, 0.25) is 0 Å². The van der Waals surface area contributed by atoms with E-state index in [1.807, 2.05) is 32.0 Å². The molecule has 0 unspecified atom stereocenters. The Morgan fingerprint density at radius 2 is 1.76 bits per heavy atom. The van der Waals surface area contributed by atoms with Crippen LogP contribution in [0.1, 0.15) is 41.8 Å². The van der Waals surface area contributed by atoms with Gasteiger partial charge in [-0.25, -0.2) is 13.6 Å². The third-order valence-electron chi connectivity index (χ3n) is 6.32. The molecule has 3 aromatic rings. The third kappa shape index (κ3) is 4.70. The van der Waals surface area contributed by atoms with Crippen LogP contribution in [-0.2, 0) is 16.8 Å². The molecule has 0 bridgehead atoms. The fraction of sp³-hybridized carbons (Fsp3) is 0.259. The molecule has 1 amide bonds. The number of halogens is 2. The van der Waals surface area contributed by atoms with E-state index in [4.69, 9.17) is 5.11 Å². The summed E-state index contributed by atoms with van der Waals surface area (Å²) in [5.74, 6) is -2.78. The fourth-order valence-electron chi connectivity index (χ4n) is 4.36. The molecule has 1 heterocycles. The van der Waals surface area contributed by atoms with Gasteiger partial charge in [0, 0.05) is 30.7 Å². The Kier molecular flexibility index (Phi) is 6.48. The Balaban J connectivity index is 1.44. The van der Waals surface area contributed by atoms with E-state index in [9.17, 15) is 18.4 Å². The van der Waals surface area contributed by atoms with Gasteiger partial charge in [0.25, 0.3) is 0 Å². The smallest absolute Gasteiger partial charge is 0.335 e. The van der Waals surface area contributed by atoms with Crippen molar-refractivity contribution in [2.75, 3.05) is 18.0 Å². The molecule has 0 atom stereocenters. The number of carbonyl (C=O) groups excluding carboxylic acids is 1. The van der Waals surface area contributed by atoms with Gasteiger partial charge in [0.2, 0.25) is 5.91 Å². The summed E-state index contributed by atoms with van der Waals surface area (Å²) in [6.07, 6.45) is 0.968. The Morgan fingerprint density at radius 1 is 1.03 bits per heavy atom. The first kappa shape index (κ1) is 23.6. The van der Waals surface area contributed by atoms with Crippen molar-refractivity contribution in [3.63, 3.8) is 0 Å². The summed E-state index contributed by atoms with van der Waals surface area (Å²) >= 11 is 0. The van der Waals surface area contributed by atoms with E-state index in [2.05, 4.69) is 5.32 Å². The van der Waals surface area contributed by atoms with Crippen molar-refractivity contribution in [3.05, 3.63) is 89.0 Å². The molecule has 176 valence electrons. The zero-order valence-electron chi connectivity index (χ0n) is 19.1. The van der Waals surface area contributed by atoms with E-state index < -0.39 is 23.1 Å². The first-order chi connectivity index (χ1) is 16.2. The molecule has 3 aromatic carbocycles. The molecule has 0 radical (unpaired) electrons. The first-order valence-corrected chi connectivity index (χ1v) is 11.1. The molecule has 34 heavy (non-hydrogen) atoms. The summed E-state index contributed by atoms with van der Waals surface area (Å²) in [5, 5.41) is 12.4. The molecular weight excluding hydrogens is 438 g/mol. The van der Waals surface area contributed by atoms with Crippen molar-refractivity contribution in [2.24, 2.45) is 0 Å². The van der Waals surface area contributed by atoms with E-state index in [0.29, 0.717) is 25.1 Å². The number of carbonyl (C=O) groups is 2. The highest BCUT2D eigenvalue weighted by Gasteiger charge is 2.27. The van der Waals surface area contributed by atoms with Crippen LogP contribution in [0.5, 0.6) is 0 Å². The van der Waals surface area contributed by atoms with Crippen LogP contribution >= 0.6 is 0 Å². The number of amides is 1. The predicted octanol–water partition coefficient (Wildman–Crippen LogP) is 5.13. The second-order valence-electron chi connectivity index (χ2n) is 8.91. The second-order valence-corrected chi connectivity index (χ2v) is 8.91. The fourth-order valence-corrected chi connectivity index (χ4v) is 4.36. The van der Waals surface area contributed by atoms with Crippen LogP contribution in [-0.4, -0.2) is 30.1 Å². The summed E-state index contributed by atoms with van der Waals surface area (Å²) in [4.78, 5) is 25.9. The lowest BCUT2D eigenvalue weighted by molar-refractivity contribution is -0.118. The van der Waals surface area contributed by atoms with Crippen molar-refractivity contribution in [3.8, 4) is 11.1 Å². The Morgan fingerprint density at radius 3 is 2.44 bits per heavy atom. The SMILES string of the molecule is CC(C)(NCCC(=O)N1CCc2c(-c3ccc(C(=O)O)cc3)cccc21)c1ccc(F)c(F)c1. The molecule has 7 heteroatoms. The lowest BCUT2D eigenvalue weighted by Gasteiger charge is -2.27. The standard InChI is InChI=1S/C27H26F2N2O3/c1-27(2,19-10-11-22(28)23(29)16-19)30-14-12-25(32)31-15-13-21-20(4-3-5-24(21)31)17-6-8-18(9-7-17)26(33)34/h3-11,16,30H,12-15H2,1-2H3,(H,33,34). The maximum absolute atomic E-state index is 13.6. The number of nitrogens with one attached hydrogen (secondary N) is 1. The number of anilines is 1. The quantitative estimate of drug-likeness (QED) is 0.508. The largest absolute Gasteiger partial charge is 0.478 e. The van der Waals surface area contributed by atoms with Gasteiger partial charge in [-0.2, -0.15) is 0 Å². The van der Waals surface area contributed by atoms with Crippen molar-refractivity contribution < 1.29 is 23.5 Å². The van der Waals surface area contributed by atoms with E-state index in [-0.39, 0.29) is 17.9 Å². The molecule has 1 aliphatic heterocycles. The van der Waals surface area contributed by atoms with Crippen LogP contribution < -0.4 is 10.2 Å². The maximum Gasteiger partial charge on any atom is 0.335 e. The molecule has 0 aliphatic carbocycles. The lowest BCUT2D eigenvalue weighted by atomic mass is 9.94. The topological polar surface area (TPSA) is 69.6 Å². The molecule has 0 fully saturated rings. The molecule has 4 rings (SSSR count). The summed E-state index contributed by atoms with van der Waals surface area (Å²) in [5.41, 5.74) is 4.02. The Bertz CT molecular complexity index is 1240. The molecular formula is C27H26F2N2O3. The van der Waals surface area contributed by atoms with Crippen LogP contribution in [0.3, 0.4) is 0 Å². The number of carboxylic acid groups (broad SMARTS) is 1. The van der Waals surface area contributed by atoms with Crippen molar-refractivity contribution in [2.45, 2.75) is 32.2 Å². The van der Waals surface area contributed by atoms with Gasteiger partial charge >= 0.3 is 5.97 Å². The zero-order chi connectivity index (χ0) is 24.5. The van der Waals surface area contributed by atoms with Gasteiger partial charge in [-0.15, -0.1) is 0 Å². The molecule has 0 spiro atoms. The average molecular weight is 465 g/mol. The van der Waals surface area contributed by atoms with Gasteiger partial charge in [-0.3, -0.25) is 4.79 Å². The molecule has 0 saturated heterocycles. The highest BCUT2D eigenvalue weighted by Crippen LogP contribution is 2.36. The minimum Gasteiger partial charge on any atom is -0.478 e. The van der Waals surface area contributed by atoms with Crippen molar-refractivity contribution >= 4 is 17.6 Å². The lowest BCUT2D eigenvalue weighted by Crippen LogP contribution is -2.39. The number of hydrogen-bond donors (Lipinski definition) is 2. The number of rotatable bonds is 7. The maximum atomic E-state index is 13.6. The van der Waals surface area contributed by atoms with Crippen LogP contribution in [0, 0.1) is 11.6 Å². The first-order valence-electron chi connectivity index (χ1n) is 11.1. The van der Waals surface area contributed by atoms with Crippen molar-refractivity contribution in [1.82, 2.24) is 5.32 Å². The van der Waals surface area contributed by atoms with Gasteiger partial charge in [-0.1, -0.05) is 30.3 Å². The predicted molar refractivity (Wildman–Crippen MR) is 127 cm³/mol. The Labute approximate surface area is 197 Å². The monoisotopic (exact) mass is 464 g/mol. The highest BCUT2D eigenvalue weighted by atomic mass is 19.2. The van der Waals surface area contributed by atoms with Gasteiger partial charge in [0.1, 0.15) is 0 Å². The molecule has 0 saturated carbocycles. The molecule has 0 aromatic heterocycles. The van der Waals surface area contributed by atoms with Crippen LogP contribution in [0.15, 0.2) is 60.7 Å². The molecule has 5 nitrogen and oxygen atoms in total. The number of aromatic carboxylic acids is 1. The third-order valence-corrected chi connectivity index (χ3v) is 6.32. The summed E-state index contributed by atoms with van der Waals surface area (Å²) in [6.45, 7) is 4.67. The van der Waals surface area contributed by atoms with Gasteiger partial charge in [0.15, 0.2) is 11.6 Å². The minimum absolute atomic E-state index is 0.0225. The number of fused-ring (bicyclic) bond motifs is 1. The molecule has 1 aliphatic rings. The number of benzene rings is 3. The van der Waals surface area contributed by atoms with Crippen molar-refractivity contribution in [1.29, 1.82) is 0 Å². The van der Waals surface area contributed by atoms with E-state index >= 15 is 0 Å². The minimum atomic E-state index is -0.969. The van der Waals surface area contributed by atoms with Gasteiger partial charge in [-0.05, 0) is 72.9 Å². The summed E-state index contributed by atoms with van der Waals surface area (Å²) < 4.78 is 26.9. The van der Waals surface area contributed by atoms with Crippen LogP contribution in [0.4, 0.5) is 14.5 Å². The van der Waals surface area contributed by atoms with E-state index in [1.165, 1.54) is 12.1 Å². The van der Waals surface area contributed by atoms with Crippen LogP contribution in [0.25, 0.3) is 11.1 Å². The number of carboxylic acids is 1.